The smallest absolute Gasteiger partial charge is 0.291 e. The molecule has 2 fully saturated rings. The van der Waals surface area contributed by atoms with Crippen molar-refractivity contribution in [1.29, 1.82) is 5.26 Å². The van der Waals surface area contributed by atoms with Crippen molar-refractivity contribution >= 4 is 17.2 Å². The number of nitrogens with one attached hydrogen (secondary N) is 2. The fourth-order valence-corrected chi connectivity index (χ4v) is 6.53. The van der Waals surface area contributed by atoms with Crippen molar-refractivity contribution in [2.45, 2.75) is 82.9 Å². The zero-order valence-corrected chi connectivity index (χ0v) is 23.6. The summed E-state index contributed by atoms with van der Waals surface area (Å²) in [6, 6.07) is 9.23. The first kappa shape index (κ1) is 27.6. The Morgan fingerprint density at radius 1 is 1.21 bits per heavy atom. The van der Waals surface area contributed by atoms with Gasteiger partial charge in [0.1, 0.15) is 11.8 Å². The Morgan fingerprint density at radius 3 is 2.64 bits per heavy atom. The molecule has 8 heteroatoms. The summed E-state index contributed by atoms with van der Waals surface area (Å²) in [5.74, 6) is -0.209. The van der Waals surface area contributed by atoms with Crippen LogP contribution in [0.3, 0.4) is 0 Å². The number of carbonyl (C=O) groups is 1. The van der Waals surface area contributed by atoms with Crippen LogP contribution in [0.15, 0.2) is 30.5 Å². The molecule has 0 spiro atoms. The van der Waals surface area contributed by atoms with Crippen molar-refractivity contribution in [3.63, 3.8) is 0 Å². The number of hydrogen-bond acceptors (Lipinski definition) is 6. The molecule has 1 aromatic heterocycles. The van der Waals surface area contributed by atoms with Gasteiger partial charge in [-0.15, -0.1) is 0 Å². The third kappa shape index (κ3) is 6.11. The van der Waals surface area contributed by atoms with Crippen molar-refractivity contribution in [1.82, 2.24) is 19.8 Å². The predicted octanol–water partition coefficient (Wildman–Crippen LogP) is 5.30. The van der Waals surface area contributed by atoms with E-state index in [4.69, 9.17) is 10.00 Å². The maximum absolute atomic E-state index is 13.0. The first-order chi connectivity index (χ1) is 18.9. The molecule has 2 N–H and O–H groups in total. The molecule has 1 amide bonds. The summed E-state index contributed by atoms with van der Waals surface area (Å²) in [5, 5.41) is 12.2. The highest BCUT2D eigenvalue weighted by Crippen LogP contribution is 2.44. The van der Waals surface area contributed by atoms with E-state index in [-0.39, 0.29) is 23.0 Å². The van der Waals surface area contributed by atoms with E-state index in [0.717, 1.165) is 56.5 Å². The fourth-order valence-electron chi connectivity index (χ4n) is 6.53. The first-order valence-electron chi connectivity index (χ1n) is 14.6. The highest BCUT2D eigenvalue weighted by atomic mass is 16.5. The summed E-state index contributed by atoms with van der Waals surface area (Å²) < 4.78 is 6.93. The largest absolute Gasteiger partial charge is 0.369 e. The molecular formula is C31H42N6O2. The Balaban J connectivity index is 1.48. The number of likely N-dealkylation sites (tertiary alicyclic amines) is 2. The van der Waals surface area contributed by atoms with Gasteiger partial charge in [0.2, 0.25) is 0 Å². The van der Waals surface area contributed by atoms with Crippen molar-refractivity contribution < 1.29 is 9.53 Å². The van der Waals surface area contributed by atoms with E-state index in [9.17, 15) is 4.79 Å². The Labute approximate surface area is 232 Å². The van der Waals surface area contributed by atoms with Gasteiger partial charge in [0.05, 0.1) is 18.4 Å². The van der Waals surface area contributed by atoms with Crippen LogP contribution in [0.5, 0.6) is 0 Å². The lowest BCUT2D eigenvalue weighted by molar-refractivity contribution is -0.117. The van der Waals surface area contributed by atoms with Crippen LogP contribution < -0.4 is 5.32 Å². The molecule has 39 heavy (non-hydrogen) atoms. The van der Waals surface area contributed by atoms with E-state index in [2.05, 4.69) is 64.2 Å². The van der Waals surface area contributed by atoms with Gasteiger partial charge in [0.25, 0.3) is 5.91 Å². The van der Waals surface area contributed by atoms with E-state index < -0.39 is 0 Å². The molecular weight excluding hydrogens is 488 g/mol. The van der Waals surface area contributed by atoms with E-state index in [0.29, 0.717) is 12.1 Å². The van der Waals surface area contributed by atoms with Gasteiger partial charge in [-0.2, -0.15) is 5.26 Å². The van der Waals surface area contributed by atoms with Crippen LogP contribution in [0.2, 0.25) is 0 Å². The molecule has 1 aromatic carbocycles. The third-order valence-electron chi connectivity index (χ3n) is 8.97. The van der Waals surface area contributed by atoms with Gasteiger partial charge in [-0.3, -0.25) is 4.79 Å². The zero-order valence-electron chi connectivity index (χ0n) is 23.6. The minimum Gasteiger partial charge on any atom is -0.369 e. The number of aromatic nitrogens is 2. The summed E-state index contributed by atoms with van der Waals surface area (Å²) in [7, 11) is 2.22. The van der Waals surface area contributed by atoms with Crippen LogP contribution in [0.1, 0.15) is 92.7 Å². The molecule has 3 heterocycles. The number of hydrogen-bond donors (Lipinski definition) is 2. The third-order valence-corrected chi connectivity index (χ3v) is 8.97. The number of anilines is 1. The number of allylic oxidation sites excluding steroid dienone is 2. The number of piperidine rings is 1. The normalized spacial score (nSPS) is 26.3. The number of aromatic amines is 1. The van der Waals surface area contributed by atoms with Crippen molar-refractivity contribution in [2.24, 2.45) is 0 Å². The van der Waals surface area contributed by atoms with Gasteiger partial charge in [-0.05, 0) is 109 Å². The maximum Gasteiger partial charge on any atom is 0.291 e. The first-order valence-corrected chi connectivity index (χ1v) is 14.6. The number of ether oxygens (including phenoxy) is 1. The van der Waals surface area contributed by atoms with Crippen LogP contribution in [0, 0.1) is 11.3 Å². The lowest BCUT2D eigenvalue weighted by Crippen LogP contribution is -2.52. The van der Waals surface area contributed by atoms with Crippen molar-refractivity contribution in [2.75, 3.05) is 38.6 Å². The molecule has 5 rings (SSSR count). The van der Waals surface area contributed by atoms with Crippen LogP contribution in [0.25, 0.3) is 5.57 Å². The van der Waals surface area contributed by atoms with Gasteiger partial charge in [-0.1, -0.05) is 12.1 Å². The second kappa shape index (κ2) is 12.0. The summed E-state index contributed by atoms with van der Waals surface area (Å²) in [6.07, 6.45) is 12.5. The summed E-state index contributed by atoms with van der Waals surface area (Å²) in [5.41, 5.74) is 4.20. The van der Waals surface area contributed by atoms with E-state index >= 15 is 0 Å². The minimum absolute atomic E-state index is 0.138. The number of H-pyrrole nitrogens is 1. The molecule has 0 radical (unpaired) electrons. The molecule has 2 saturated heterocycles. The number of carbonyl (C=O) groups excluding carboxylic acids is 1. The second-order valence-electron chi connectivity index (χ2n) is 11.6. The topological polar surface area (TPSA) is 97.3 Å². The molecule has 2 atom stereocenters. The van der Waals surface area contributed by atoms with Crippen molar-refractivity contribution in [3.8, 4) is 6.07 Å². The Bertz CT molecular complexity index is 1230. The van der Waals surface area contributed by atoms with Gasteiger partial charge in [0, 0.05) is 29.9 Å². The number of rotatable bonds is 8. The van der Waals surface area contributed by atoms with Gasteiger partial charge in [0.15, 0.2) is 5.82 Å². The summed E-state index contributed by atoms with van der Waals surface area (Å²) in [6.45, 7) is 8.63. The number of amides is 1. The summed E-state index contributed by atoms with van der Waals surface area (Å²) in [4.78, 5) is 24.9. The molecule has 1 aliphatic carbocycles. The number of nitriles is 1. The molecule has 8 nitrogen and oxygen atoms in total. The monoisotopic (exact) mass is 530 g/mol. The summed E-state index contributed by atoms with van der Waals surface area (Å²) >= 11 is 0. The molecule has 3 aliphatic rings. The molecule has 0 bridgehead atoms. The maximum atomic E-state index is 13.0. The molecule has 2 unspecified atom stereocenters. The Morgan fingerprint density at radius 2 is 1.97 bits per heavy atom. The average molecular weight is 531 g/mol. The molecule has 2 aromatic rings. The van der Waals surface area contributed by atoms with Gasteiger partial charge >= 0.3 is 0 Å². The van der Waals surface area contributed by atoms with Gasteiger partial charge in [-0.25, -0.2) is 4.98 Å². The standard InChI is InChI=1S/C31H42N6O2/c1-22-18-31(19-23(2)36(22)3,39-16-15-37-13-7-8-14-37)25-11-12-28(27(17-25)24-9-5-4-6-10-24)35-30(38)29-33-21-26(20-32)34-29/h9,11-12,17,21-23H,4-8,10,13-16,18-19H2,1-3H3,(H,33,34)(H,35,38). The Kier molecular flexibility index (Phi) is 8.51. The van der Waals surface area contributed by atoms with Crippen LogP contribution >= 0.6 is 0 Å². The van der Waals surface area contributed by atoms with Gasteiger partial charge < -0.3 is 24.8 Å². The second-order valence-corrected chi connectivity index (χ2v) is 11.6. The number of imidazole rings is 1. The van der Waals surface area contributed by atoms with Crippen molar-refractivity contribution in [3.05, 3.63) is 53.1 Å². The average Bonchev–Trinajstić information content (AvgIpc) is 3.65. The molecule has 0 saturated carbocycles. The molecule has 208 valence electrons. The Hall–Kier alpha value is -2.99. The highest BCUT2D eigenvalue weighted by molar-refractivity contribution is 6.03. The zero-order chi connectivity index (χ0) is 27.4. The van der Waals surface area contributed by atoms with E-state index in [1.165, 1.54) is 49.7 Å². The van der Waals surface area contributed by atoms with Crippen LogP contribution in [-0.4, -0.2) is 71.0 Å². The quantitative estimate of drug-likeness (QED) is 0.481. The predicted molar refractivity (Wildman–Crippen MR) is 153 cm³/mol. The lowest BCUT2D eigenvalue weighted by atomic mass is 9.77. The highest BCUT2D eigenvalue weighted by Gasteiger charge is 2.43. The number of benzene rings is 1. The lowest BCUT2D eigenvalue weighted by Gasteiger charge is -2.48. The van der Waals surface area contributed by atoms with Crippen LogP contribution in [-0.2, 0) is 10.3 Å². The van der Waals surface area contributed by atoms with Crippen LogP contribution in [0.4, 0.5) is 5.69 Å². The molecule has 2 aliphatic heterocycles. The van der Waals surface area contributed by atoms with E-state index in [1.807, 2.05) is 12.1 Å². The number of nitrogens with zero attached hydrogens (tertiary/aromatic N) is 4. The minimum atomic E-state index is -0.375. The van der Waals surface area contributed by atoms with E-state index in [1.54, 1.807) is 0 Å². The fraction of sp³-hybridized carbons (Fsp3) is 0.581. The SMILES string of the molecule is CC1CC(OCCN2CCCC2)(c2ccc(NC(=O)c3ncc(C#N)[nH]3)c(C3=CCCCC3)c2)CC(C)N1C.